The van der Waals surface area contributed by atoms with Crippen molar-refractivity contribution in [2.75, 3.05) is 73.1 Å². The number of carbonyl (C=O) groups excluding carboxylic acids is 5. The van der Waals surface area contributed by atoms with E-state index in [1.807, 2.05) is 0 Å². The van der Waals surface area contributed by atoms with E-state index in [1.165, 1.54) is 71.3 Å². The number of carboxylic acid groups (broad SMARTS) is 1. The van der Waals surface area contributed by atoms with Crippen LogP contribution in [0.2, 0.25) is 0 Å². The molecular formula is C42H77N3O13. The summed E-state index contributed by atoms with van der Waals surface area (Å²) in [6, 6.07) is -0.926. The van der Waals surface area contributed by atoms with Gasteiger partial charge in [0.2, 0.25) is 17.7 Å². The fourth-order valence-corrected chi connectivity index (χ4v) is 5.72. The maximum atomic E-state index is 12.9. The average molecular weight is 832 g/mol. The highest BCUT2D eigenvalue weighted by atomic mass is 16.6. The van der Waals surface area contributed by atoms with Crippen LogP contribution in [0.15, 0.2) is 0 Å². The SMILES string of the molecule is COC(=O)CCCCCCCCCCCCCCCCCCC(=O)N[C@@H](CCC(=O)NCCOCCOCC(=O)NCCOCCOCC(=O)O)C(=O)OC(C)(C)C. The number of hydrogen-bond acceptors (Lipinski definition) is 12. The van der Waals surface area contributed by atoms with Crippen LogP contribution in [0.5, 0.6) is 0 Å². The van der Waals surface area contributed by atoms with Gasteiger partial charge in [0, 0.05) is 32.4 Å². The lowest BCUT2D eigenvalue weighted by Crippen LogP contribution is -2.44. The van der Waals surface area contributed by atoms with Gasteiger partial charge < -0.3 is 49.5 Å². The molecule has 0 saturated carbocycles. The van der Waals surface area contributed by atoms with Crippen LogP contribution in [-0.4, -0.2) is 125 Å². The number of amides is 3. The van der Waals surface area contributed by atoms with Crippen LogP contribution >= 0.6 is 0 Å². The Morgan fingerprint density at radius 3 is 1.41 bits per heavy atom. The van der Waals surface area contributed by atoms with Crippen molar-refractivity contribution in [3.8, 4) is 0 Å². The van der Waals surface area contributed by atoms with Crippen LogP contribution in [0, 0.1) is 0 Å². The monoisotopic (exact) mass is 832 g/mol. The summed E-state index contributed by atoms with van der Waals surface area (Å²) in [4.78, 5) is 71.3. The Kier molecular flexibility index (Phi) is 35.7. The van der Waals surface area contributed by atoms with Crippen molar-refractivity contribution >= 4 is 35.6 Å². The highest BCUT2D eigenvalue weighted by Crippen LogP contribution is 2.15. The first kappa shape index (κ1) is 54.7. The second kappa shape index (κ2) is 37.9. The minimum Gasteiger partial charge on any atom is -0.480 e. The zero-order valence-corrected chi connectivity index (χ0v) is 36.1. The topological polar surface area (TPSA) is 214 Å². The molecule has 338 valence electrons. The van der Waals surface area contributed by atoms with Gasteiger partial charge in [0.25, 0.3) is 0 Å². The predicted octanol–water partition coefficient (Wildman–Crippen LogP) is 5.17. The van der Waals surface area contributed by atoms with Crippen molar-refractivity contribution in [3.63, 3.8) is 0 Å². The zero-order chi connectivity index (χ0) is 43.1. The Balaban J connectivity index is 3.98. The van der Waals surface area contributed by atoms with Gasteiger partial charge in [-0.2, -0.15) is 0 Å². The molecule has 0 aliphatic rings. The summed E-state index contributed by atoms with van der Waals surface area (Å²) < 4.78 is 30.9. The van der Waals surface area contributed by atoms with Gasteiger partial charge in [0.05, 0.1) is 46.8 Å². The molecule has 0 aliphatic heterocycles. The maximum Gasteiger partial charge on any atom is 0.329 e. The third-order valence-electron chi connectivity index (χ3n) is 8.79. The molecule has 0 bridgehead atoms. The number of aliphatic carboxylic acids is 1. The molecule has 0 aliphatic carbocycles. The van der Waals surface area contributed by atoms with E-state index in [2.05, 4.69) is 20.7 Å². The lowest BCUT2D eigenvalue weighted by atomic mass is 10.0. The average Bonchev–Trinajstić information content (AvgIpc) is 3.16. The Morgan fingerprint density at radius 2 is 0.948 bits per heavy atom. The number of ether oxygens (including phenoxy) is 6. The van der Waals surface area contributed by atoms with Crippen LogP contribution in [0.3, 0.4) is 0 Å². The molecule has 0 radical (unpaired) electrons. The van der Waals surface area contributed by atoms with Gasteiger partial charge in [-0.25, -0.2) is 9.59 Å². The largest absolute Gasteiger partial charge is 0.480 e. The van der Waals surface area contributed by atoms with E-state index in [1.54, 1.807) is 20.8 Å². The van der Waals surface area contributed by atoms with Crippen molar-refractivity contribution < 1.29 is 62.3 Å². The lowest BCUT2D eigenvalue weighted by Gasteiger charge is -2.24. The van der Waals surface area contributed by atoms with Gasteiger partial charge in [-0.15, -0.1) is 0 Å². The van der Waals surface area contributed by atoms with E-state index in [0.29, 0.717) is 12.8 Å². The standard InChI is InChI=1S/C42H77N3O13/c1-42(2,3)58-41(52)35(23-24-36(46)43-25-27-54-29-31-56-33-38(48)44-26-28-55-30-32-57-34-39(49)50)45-37(47)21-19-17-15-13-11-9-7-5-6-8-10-12-14-16-18-20-22-40(51)53-4/h35H,5-34H2,1-4H3,(H,43,46)(H,44,48)(H,45,47)(H,49,50)/t35-/m0/s1. The summed E-state index contributed by atoms with van der Waals surface area (Å²) in [5.41, 5.74) is -0.736. The molecule has 1 atom stereocenters. The molecule has 58 heavy (non-hydrogen) atoms. The number of rotatable bonds is 40. The van der Waals surface area contributed by atoms with Crippen LogP contribution in [-0.2, 0) is 57.2 Å². The van der Waals surface area contributed by atoms with Gasteiger partial charge in [-0.3, -0.25) is 19.2 Å². The Hall–Kier alpha value is -3.34. The van der Waals surface area contributed by atoms with Gasteiger partial charge in [-0.05, 0) is 40.0 Å². The summed E-state index contributed by atoms with van der Waals surface area (Å²) in [7, 11) is 1.44. The van der Waals surface area contributed by atoms with E-state index in [4.69, 9.17) is 28.8 Å². The highest BCUT2D eigenvalue weighted by Gasteiger charge is 2.27. The second-order valence-electron chi connectivity index (χ2n) is 15.3. The van der Waals surface area contributed by atoms with Crippen molar-refractivity contribution in [1.29, 1.82) is 0 Å². The normalized spacial score (nSPS) is 11.8. The lowest BCUT2D eigenvalue weighted by molar-refractivity contribution is -0.159. The predicted molar refractivity (Wildman–Crippen MR) is 219 cm³/mol. The van der Waals surface area contributed by atoms with Crippen LogP contribution in [0.1, 0.15) is 149 Å². The summed E-state index contributed by atoms with van der Waals surface area (Å²) >= 11 is 0. The zero-order valence-electron chi connectivity index (χ0n) is 36.1. The fourth-order valence-electron chi connectivity index (χ4n) is 5.72. The third kappa shape index (κ3) is 39.5. The molecule has 0 saturated heterocycles. The smallest absolute Gasteiger partial charge is 0.329 e. The Morgan fingerprint density at radius 1 is 0.517 bits per heavy atom. The first-order valence-corrected chi connectivity index (χ1v) is 21.5. The first-order chi connectivity index (χ1) is 27.8. The number of unbranched alkanes of at least 4 members (excludes halogenated alkanes) is 15. The minimum absolute atomic E-state index is 0.0207. The van der Waals surface area contributed by atoms with Crippen molar-refractivity contribution in [2.45, 2.75) is 161 Å². The van der Waals surface area contributed by atoms with Gasteiger partial charge >= 0.3 is 17.9 Å². The molecule has 4 N–H and O–H groups in total. The molecule has 0 aromatic carbocycles. The number of nitrogens with one attached hydrogen (secondary N) is 3. The quantitative estimate of drug-likeness (QED) is 0.0464. The summed E-state index contributed by atoms with van der Waals surface area (Å²) in [5, 5.41) is 16.6. The van der Waals surface area contributed by atoms with Crippen LogP contribution in [0.25, 0.3) is 0 Å². The Bertz CT molecular complexity index is 1100. The molecule has 0 rings (SSSR count). The molecular weight excluding hydrogens is 754 g/mol. The van der Waals surface area contributed by atoms with Gasteiger partial charge in [-0.1, -0.05) is 89.9 Å². The fraction of sp³-hybridized carbons (Fsp3) is 0.857. The summed E-state index contributed by atoms with van der Waals surface area (Å²) in [5.74, 6) is -2.56. The van der Waals surface area contributed by atoms with Crippen LogP contribution in [0.4, 0.5) is 0 Å². The first-order valence-electron chi connectivity index (χ1n) is 21.5. The molecule has 0 aromatic rings. The van der Waals surface area contributed by atoms with Crippen molar-refractivity contribution in [2.24, 2.45) is 0 Å². The maximum absolute atomic E-state index is 12.9. The third-order valence-corrected chi connectivity index (χ3v) is 8.79. The van der Waals surface area contributed by atoms with E-state index in [0.717, 1.165) is 38.5 Å². The van der Waals surface area contributed by atoms with Gasteiger partial charge in [0.1, 0.15) is 24.9 Å². The summed E-state index contributed by atoms with van der Waals surface area (Å²) in [6.07, 6.45) is 19.5. The molecule has 0 heterocycles. The van der Waals surface area contributed by atoms with E-state index < -0.39 is 23.6 Å². The summed E-state index contributed by atoms with van der Waals surface area (Å²) in [6.45, 7) is 6.50. The number of carboxylic acids is 1. The Labute approximate surface area is 347 Å². The van der Waals surface area contributed by atoms with E-state index in [-0.39, 0.29) is 102 Å². The van der Waals surface area contributed by atoms with E-state index >= 15 is 0 Å². The number of carbonyl (C=O) groups is 6. The highest BCUT2D eigenvalue weighted by molar-refractivity contribution is 5.85. The van der Waals surface area contributed by atoms with Crippen LogP contribution < -0.4 is 16.0 Å². The number of esters is 2. The molecule has 0 unspecified atom stereocenters. The molecule has 16 nitrogen and oxygen atoms in total. The van der Waals surface area contributed by atoms with Gasteiger partial charge in [0.15, 0.2) is 0 Å². The molecule has 0 aromatic heterocycles. The minimum atomic E-state index is -1.05. The number of methoxy groups -OCH3 is 1. The van der Waals surface area contributed by atoms with Crippen molar-refractivity contribution in [3.05, 3.63) is 0 Å². The molecule has 0 fully saturated rings. The molecule has 3 amide bonds. The van der Waals surface area contributed by atoms with E-state index in [9.17, 15) is 28.8 Å². The number of hydrogen-bond donors (Lipinski definition) is 4. The molecule has 16 heteroatoms. The van der Waals surface area contributed by atoms with Crippen molar-refractivity contribution in [1.82, 2.24) is 16.0 Å². The molecule has 0 spiro atoms. The second-order valence-corrected chi connectivity index (χ2v) is 15.3.